The molecule has 2 N–H and O–H groups in total. The third-order valence-electron chi connectivity index (χ3n) is 3.49. The summed E-state index contributed by atoms with van der Waals surface area (Å²) in [6, 6.07) is 9.50. The van der Waals surface area contributed by atoms with Crippen LogP contribution >= 0.6 is 0 Å². The van der Waals surface area contributed by atoms with Gasteiger partial charge in [0.05, 0.1) is 6.42 Å². The molecule has 0 bridgehead atoms. The summed E-state index contributed by atoms with van der Waals surface area (Å²) in [5.74, 6) is -3.63. The first-order valence-corrected chi connectivity index (χ1v) is 8.06. The van der Waals surface area contributed by atoms with E-state index in [0.29, 0.717) is 11.3 Å². The van der Waals surface area contributed by atoms with Crippen molar-refractivity contribution in [2.45, 2.75) is 26.4 Å². The van der Waals surface area contributed by atoms with E-state index in [1.54, 1.807) is 24.3 Å². The summed E-state index contributed by atoms with van der Waals surface area (Å²) in [5.41, 5.74) is 1.29. The van der Waals surface area contributed by atoms with E-state index in [2.05, 4.69) is 10.6 Å². The maximum absolute atomic E-state index is 13.1. The Morgan fingerprint density at radius 1 is 0.963 bits per heavy atom. The first-order chi connectivity index (χ1) is 12.7. The van der Waals surface area contributed by atoms with Gasteiger partial charge in [0.1, 0.15) is 0 Å². The first kappa shape index (κ1) is 20.0. The second-order valence-corrected chi connectivity index (χ2v) is 5.81. The molecule has 0 fully saturated rings. The normalized spacial score (nSPS) is 11.4. The van der Waals surface area contributed by atoms with Gasteiger partial charge in [-0.1, -0.05) is 12.1 Å². The van der Waals surface area contributed by atoms with Gasteiger partial charge in [0.2, 0.25) is 5.91 Å². The van der Waals surface area contributed by atoms with Crippen molar-refractivity contribution in [3.8, 4) is 0 Å². The molecule has 0 heterocycles. The Kier molecular flexibility index (Phi) is 6.59. The molecule has 1 atom stereocenters. The first-order valence-electron chi connectivity index (χ1n) is 8.06. The summed E-state index contributed by atoms with van der Waals surface area (Å²) in [4.78, 5) is 34.9. The number of esters is 1. The summed E-state index contributed by atoms with van der Waals surface area (Å²) in [6.07, 6.45) is -1.19. The lowest BCUT2D eigenvalue weighted by Crippen LogP contribution is -2.30. The van der Waals surface area contributed by atoms with Crippen LogP contribution in [0.15, 0.2) is 42.5 Å². The molecule has 0 radical (unpaired) electrons. The second-order valence-electron chi connectivity index (χ2n) is 5.81. The molecule has 0 spiro atoms. The van der Waals surface area contributed by atoms with Gasteiger partial charge in [-0.25, -0.2) is 8.78 Å². The Morgan fingerprint density at radius 2 is 1.59 bits per heavy atom. The zero-order valence-corrected chi connectivity index (χ0v) is 14.7. The summed E-state index contributed by atoms with van der Waals surface area (Å²) in [6.45, 7) is 2.75. The highest BCUT2D eigenvalue weighted by Gasteiger charge is 2.18. The van der Waals surface area contributed by atoms with Gasteiger partial charge in [-0.2, -0.15) is 0 Å². The molecule has 0 aliphatic rings. The molecule has 2 aromatic carbocycles. The second kappa shape index (κ2) is 8.88. The average molecular weight is 376 g/mol. The summed E-state index contributed by atoms with van der Waals surface area (Å²) < 4.78 is 31.1. The maximum Gasteiger partial charge on any atom is 0.311 e. The van der Waals surface area contributed by atoms with Crippen molar-refractivity contribution >= 4 is 29.2 Å². The molecule has 0 saturated heterocycles. The van der Waals surface area contributed by atoms with Crippen molar-refractivity contribution < 1.29 is 27.9 Å². The molecule has 142 valence electrons. The number of hydrogen-bond donors (Lipinski definition) is 2. The Labute approximate surface area is 154 Å². The number of halogens is 2. The number of ether oxygens (including phenoxy) is 1. The zero-order valence-electron chi connectivity index (χ0n) is 14.7. The molecule has 2 amide bonds. The van der Waals surface area contributed by atoms with Crippen LogP contribution in [0.3, 0.4) is 0 Å². The molecule has 0 unspecified atom stereocenters. The van der Waals surface area contributed by atoms with Gasteiger partial charge in [-0.05, 0) is 36.8 Å². The van der Waals surface area contributed by atoms with E-state index in [1.165, 1.54) is 19.9 Å². The van der Waals surface area contributed by atoms with Crippen LogP contribution in [-0.4, -0.2) is 23.9 Å². The number of benzene rings is 2. The number of nitrogens with one attached hydrogen (secondary N) is 2. The van der Waals surface area contributed by atoms with E-state index in [1.807, 2.05) is 0 Å². The zero-order chi connectivity index (χ0) is 20.0. The minimum atomic E-state index is -1.12. The number of carbonyl (C=O) groups is 3. The molecule has 0 aliphatic carbocycles. The summed E-state index contributed by atoms with van der Waals surface area (Å²) in [7, 11) is 0. The van der Waals surface area contributed by atoms with Crippen LogP contribution in [0.1, 0.15) is 19.4 Å². The minimum absolute atomic E-state index is 0.0513. The number of amides is 2. The third kappa shape index (κ3) is 6.18. The van der Waals surface area contributed by atoms with Crippen molar-refractivity contribution in [2.24, 2.45) is 0 Å². The predicted octanol–water partition coefficient (Wildman–Crippen LogP) is 3.04. The lowest BCUT2D eigenvalue weighted by molar-refractivity contribution is -0.152. The highest BCUT2D eigenvalue weighted by Crippen LogP contribution is 2.14. The standard InChI is InChI=1S/C19H18F2N2O4/c1-11(19(26)23-15-7-8-16(20)17(21)10-15)27-18(25)9-13-3-5-14(6-4-13)22-12(2)24/h3-8,10-11H,9H2,1-2H3,(H,22,24)(H,23,26)/t11-/m1/s1. The largest absolute Gasteiger partial charge is 0.452 e. The van der Waals surface area contributed by atoms with Crippen LogP contribution < -0.4 is 10.6 Å². The van der Waals surface area contributed by atoms with Crippen LogP contribution in [0.5, 0.6) is 0 Å². The highest BCUT2D eigenvalue weighted by molar-refractivity contribution is 5.95. The molecule has 27 heavy (non-hydrogen) atoms. The van der Waals surface area contributed by atoms with Crippen LogP contribution in [-0.2, 0) is 25.5 Å². The molecular weight excluding hydrogens is 358 g/mol. The number of rotatable bonds is 6. The number of hydrogen-bond acceptors (Lipinski definition) is 4. The molecular formula is C19H18F2N2O4. The molecule has 0 aromatic heterocycles. The van der Waals surface area contributed by atoms with E-state index in [-0.39, 0.29) is 18.0 Å². The van der Waals surface area contributed by atoms with Crippen molar-refractivity contribution in [1.29, 1.82) is 0 Å². The van der Waals surface area contributed by atoms with Crippen molar-refractivity contribution in [2.75, 3.05) is 10.6 Å². The SMILES string of the molecule is CC(=O)Nc1ccc(CC(=O)O[C@H](C)C(=O)Nc2ccc(F)c(F)c2)cc1. The van der Waals surface area contributed by atoms with E-state index < -0.39 is 29.6 Å². The smallest absolute Gasteiger partial charge is 0.311 e. The highest BCUT2D eigenvalue weighted by atomic mass is 19.2. The van der Waals surface area contributed by atoms with Crippen LogP contribution in [0.25, 0.3) is 0 Å². The van der Waals surface area contributed by atoms with E-state index in [0.717, 1.165) is 12.1 Å². The van der Waals surface area contributed by atoms with Gasteiger partial charge in [0, 0.05) is 24.4 Å². The Balaban J connectivity index is 1.87. The summed E-state index contributed by atoms with van der Waals surface area (Å²) in [5, 5.41) is 4.95. The topological polar surface area (TPSA) is 84.5 Å². The van der Waals surface area contributed by atoms with Crippen LogP contribution in [0, 0.1) is 11.6 Å². The molecule has 2 rings (SSSR count). The van der Waals surface area contributed by atoms with E-state index in [4.69, 9.17) is 4.74 Å². The van der Waals surface area contributed by atoms with Crippen molar-refractivity contribution in [3.63, 3.8) is 0 Å². The summed E-state index contributed by atoms with van der Waals surface area (Å²) >= 11 is 0. The Morgan fingerprint density at radius 3 is 2.19 bits per heavy atom. The molecule has 6 nitrogen and oxygen atoms in total. The quantitative estimate of drug-likeness (QED) is 0.759. The van der Waals surface area contributed by atoms with E-state index in [9.17, 15) is 23.2 Å². The average Bonchev–Trinajstić information content (AvgIpc) is 2.59. The van der Waals surface area contributed by atoms with Crippen molar-refractivity contribution in [3.05, 3.63) is 59.7 Å². The van der Waals surface area contributed by atoms with Gasteiger partial charge in [-0.15, -0.1) is 0 Å². The minimum Gasteiger partial charge on any atom is -0.452 e. The lowest BCUT2D eigenvalue weighted by Gasteiger charge is -2.14. The van der Waals surface area contributed by atoms with Gasteiger partial charge >= 0.3 is 5.97 Å². The van der Waals surface area contributed by atoms with Gasteiger partial charge in [0.25, 0.3) is 5.91 Å². The monoisotopic (exact) mass is 376 g/mol. The third-order valence-corrected chi connectivity index (χ3v) is 3.49. The maximum atomic E-state index is 13.1. The predicted molar refractivity (Wildman–Crippen MR) is 95.0 cm³/mol. The molecule has 0 saturated carbocycles. The molecule has 0 aliphatic heterocycles. The van der Waals surface area contributed by atoms with Gasteiger partial charge < -0.3 is 15.4 Å². The van der Waals surface area contributed by atoms with E-state index >= 15 is 0 Å². The van der Waals surface area contributed by atoms with Gasteiger partial charge in [0.15, 0.2) is 17.7 Å². The lowest BCUT2D eigenvalue weighted by atomic mass is 10.1. The fraction of sp³-hybridized carbons (Fsp3) is 0.211. The molecule has 2 aromatic rings. The molecule has 8 heteroatoms. The van der Waals surface area contributed by atoms with Gasteiger partial charge in [-0.3, -0.25) is 14.4 Å². The van der Waals surface area contributed by atoms with Crippen molar-refractivity contribution in [1.82, 2.24) is 0 Å². The fourth-order valence-corrected chi connectivity index (χ4v) is 2.19. The van der Waals surface area contributed by atoms with Crippen LogP contribution in [0.4, 0.5) is 20.2 Å². The van der Waals surface area contributed by atoms with Crippen LogP contribution in [0.2, 0.25) is 0 Å². The number of carbonyl (C=O) groups excluding carboxylic acids is 3. The Bertz CT molecular complexity index is 853. The number of anilines is 2. The fourth-order valence-electron chi connectivity index (χ4n) is 2.19. The Hall–Kier alpha value is -3.29.